The Labute approximate surface area is 156 Å². The second-order valence-electron chi connectivity index (χ2n) is 6.02. The zero-order valence-corrected chi connectivity index (χ0v) is 14.1. The zero-order valence-electron chi connectivity index (χ0n) is 14.1. The van der Waals surface area contributed by atoms with Gasteiger partial charge in [0.15, 0.2) is 0 Å². The number of hydrogen-bond donors (Lipinski definition) is 1. The number of carboxylic acid groups (broad SMARTS) is 1. The van der Waals surface area contributed by atoms with Gasteiger partial charge in [-0.1, -0.05) is 30.3 Å². The van der Waals surface area contributed by atoms with Gasteiger partial charge in [-0.15, -0.1) is 0 Å². The number of carbonyl (C=O) groups excluding carboxylic acids is 2. The van der Waals surface area contributed by atoms with Crippen molar-refractivity contribution >= 4 is 28.5 Å². The molecule has 0 radical (unpaired) electrons. The Morgan fingerprint density at radius 2 is 1.96 bits per heavy atom. The molecular weight excluding hydrogens is 311 g/mol. The molecule has 1 aliphatic heterocycles. The van der Waals surface area contributed by atoms with Gasteiger partial charge in [0.25, 0.3) is 0 Å². The average molecular weight is 326 g/mol. The van der Waals surface area contributed by atoms with Gasteiger partial charge in [0.2, 0.25) is 5.91 Å². The summed E-state index contributed by atoms with van der Waals surface area (Å²) in [5, 5.41) is 15.1. The number of hydrogen-bond acceptors (Lipinski definition) is 3. The second kappa shape index (κ2) is 6.44. The van der Waals surface area contributed by atoms with Gasteiger partial charge >= 0.3 is 18.9 Å². The van der Waals surface area contributed by atoms with E-state index in [1.54, 1.807) is 4.57 Å². The van der Waals surface area contributed by atoms with Crippen LogP contribution in [0, 0.1) is 6.92 Å². The summed E-state index contributed by atoms with van der Waals surface area (Å²) in [7, 11) is 0. The number of aryl methyl sites for hydroxylation is 1. The first-order valence-electron chi connectivity index (χ1n) is 7.76. The van der Waals surface area contributed by atoms with Crippen molar-refractivity contribution < 1.29 is 33.6 Å². The van der Waals surface area contributed by atoms with Crippen molar-refractivity contribution in [1.82, 2.24) is 4.57 Å². The smallest absolute Gasteiger partial charge is 0.548 e. The summed E-state index contributed by atoms with van der Waals surface area (Å²) in [5.41, 5.74) is 5.15. The fraction of sp³-hybridized carbons (Fsp3) is 0.158. The van der Waals surface area contributed by atoms with Gasteiger partial charge in [0.05, 0.1) is 35.8 Å². The number of aromatic nitrogens is 1. The van der Waals surface area contributed by atoms with E-state index < -0.39 is 5.97 Å². The van der Waals surface area contributed by atoms with E-state index in [1.807, 2.05) is 49.4 Å². The topological polar surface area (TPSA) is 74.2 Å². The number of carboxylic acids is 1. The third kappa shape index (κ3) is 2.76. The Balaban J connectivity index is 0.00000182. The van der Waals surface area contributed by atoms with Crippen molar-refractivity contribution in [2.75, 3.05) is 5.32 Å². The fourth-order valence-electron chi connectivity index (χ4n) is 3.56. The molecule has 1 N–H and O–H groups in total. The van der Waals surface area contributed by atoms with Crippen LogP contribution in [-0.2, 0) is 22.6 Å². The van der Waals surface area contributed by atoms with E-state index in [2.05, 4.69) is 5.32 Å². The van der Waals surface area contributed by atoms with Crippen LogP contribution in [0.25, 0.3) is 22.2 Å². The maximum Gasteiger partial charge on any atom is 1.00 e. The van der Waals surface area contributed by atoms with Crippen molar-refractivity contribution in [2.45, 2.75) is 19.9 Å². The number of aliphatic carboxylic acids is 1. The predicted molar refractivity (Wildman–Crippen MR) is 89.5 cm³/mol. The molecule has 0 saturated heterocycles. The molecule has 120 valence electrons. The molecule has 0 aliphatic carbocycles. The first-order valence-corrected chi connectivity index (χ1v) is 7.76. The van der Waals surface area contributed by atoms with Crippen LogP contribution in [0.2, 0.25) is 0 Å². The Kier molecular flexibility index (Phi) is 4.46. The molecule has 0 unspecified atom stereocenters. The number of nitrogens with one attached hydrogen (secondary N) is 1. The standard InChI is InChI=1S/C19H16N2O3.Li/c1-11-5-2-3-6-12(11)19-13-9-16(22)20-14-7-4-8-15(18(13)14)21(19)10-17(23)24;/h2-8H,9-10H2,1H3,(H,20,22)(H,23,24);/q;+1/p-1. The molecule has 4 rings (SSSR count). The minimum Gasteiger partial charge on any atom is -0.548 e. The van der Waals surface area contributed by atoms with Crippen molar-refractivity contribution in [3.05, 3.63) is 53.6 Å². The van der Waals surface area contributed by atoms with E-state index in [-0.39, 0.29) is 37.7 Å². The van der Waals surface area contributed by atoms with Gasteiger partial charge in [0, 0.05) is 10.9 Å². The molecule has 6 heteroatoms. The SMILES string of the molecule is Cc1ccccc1-c1c2c3c(cccc3n1CC(=O)[O-])NC(=O)C2.[Li+]. The molecule has 2 aromatic carbocycles. The molecule has 1 aromatic heterocycles. The first-order chi connectivity index (χ1) is 11.6. The minimum atomic E-state index is -1.16. The minimum absolute atomic E-state index is 0. The van der Waals surface area contributed by atoms with Gasteiger partial charge in [-0.25, -0.2) is 0 Å². The number of nitrogens with zero attached hydrogens (tertiary/aromatic N) is 1. The summed E-state index contributed by atoms with van der Waals surface area (Å²) in [6, 6.07) is 13.3. The normalized spacial score (nSPS) is 12.6. The summed E-state index contributed by atoms with van der Waals surface area (Å²) in [5.74, 6) is -1.24. The van der Waals surface area contributed by atoms with Gasteiger partial charge in [-0.05, 0) is 30.2 Å². The average Bonchev–Trinajstić information content (AvgIpc) is 2.82. The molecule has 1 aliphatic rings. The van der Waals surface area contributed by atoms with Gasteiger partial charge in [-0.3, -0.25) is 4.79 Å². The summed E-state index contributed by atoms with van der Waals surface area (Å²) < 4.78 is 1.74. The van der Waals surface area contributed by atoms with Gasteiger partial charge in [0.1, 0.15) is 0 Å². The Bertz CT molecular complexity index is 1010. The number of benzene rings is 2. The molecule has 0 fully saturated rings. The van der Waals surface area contributed by atoms with Crippen LogP contribution in [-0.4, -0.2) is 16.4 Å². The van der Waals surface area contributed by atoms with Crippen LogP contribution in [0.15, 0.2) is 42.5 Å². The van der Waals surface area contributed by atoms with Crippen molar-refractivity contribution in [3.63, 3.8) is 0 Å². The molecule has 3 aromatic rings. The third-order valence-electron chi connectivity index (χ3n) is 4.49. The molecule has 0 atom stereocenters. The van der Waals surface area contributed by atoms with E-state index in [0.29, 0.717) is 0 Å². The van der Waals surface area contributed by atoms with Crippen LogP contribution >= 0.6 is 0 Å². The molecule has 25 heavy (non-hydrogen) atoms. The molecule has 5 nitrogen and oxygen atoms in total. The quantitative estimate of drug-likeness (QED) is 0.619. The first kappa shape index (κ1) is 17.3. The Morgan fingerprint density at radius 3 is 2.68 bits per heavy atom. The summed E-state index contributed by atoms with van der Waals surface area (Å²) in [4.78, 5) is 23.4. The van der Waals surface area contributed by atoms with Crippen LogP contribution in [0.3, 0.4) is 0 Å². The summed E-state index contributed by atoms with van der Waals surface area (Å²) in [6.45, 7) is 1.73. The van der Waals surface area contributed by atoms with E-state index in [1.165, 1.54) is 0 Å². The van der Waals surface area contributed by atoms with E-state index in [9.17, 15) is 14.7 Å². The Hall–Kier alpha value is -2.48. The zero-order chi connectivity index (χ0) is 16.8. The van der Waals surface area contributed by atoms with E-state index >= 15 is 0 Å². The molecule has 0 bridgehead atoms. The maximum atomic E-state index is 12.1. The van der Waals surface area contributed by atoms with Crippen LogP contribution in [0.4, 0.5) is 5.69 Å². The number of anilines is 1. The summed E-state index contributed by atoms with van der Waals surface area (Å²) >= 11 is 0. The number of amides is 1. The molecule has 0 saturated carbocycles. The van der Waals surface area contributed by atoms with Crippen molar-refractivity contribution in [1.29, 1.82) is 0 Å². The molecular formula is C19H15LiN2O3. The largest absolute Gasteiger partial charge is 1.00 e. The number of rotatable bonds is 3. The van der Waals surface area contributed by atoms with Crippen LogP contribution in [0.1, 0.15) is 11.1 Å². The predicted octanol–water partition coefficient (Wildman–Crippen LogP) is -1.13. The van der Waals surface area contributed by atoms with Gasteiger partial charge in [-0.2, -0.15) is 0 Å². The van der Waals surface area contributed by atoms with E-state index in [0.717, 1.165) is 39.0 Å². The molecule has 2 heterocycles. The summed E-state index contributed by atoms with van der Waals surface area (Å²) in [6.07, 6.45) is 0.233. The molecule has 1 amide bonds. The van der Waals surface area contributed by atoms with E-state index in [4.69, 9.17) is 0 Å². The second-order valence-corrected chi connectivity index (χ2v) is 6.02. The van der Waals surface area contributed by atoms with Crippen molar-refractivity contribution in [3.8, 4) is 11.3 Å². The molecule has 0 spiro atoms. The third-order valence-corrected chi connectivity index (χ3v) is 4.49. The monoisotopic (exact) mass is 326 g/mol. The Morgan fingerprint density at radius 1 is 1.20 bits per heavy atom. The van der Waals surface area contributed by atoms with Crippen molar-refractivity contribution in [2.24, 2.45) is 0 Å². The van der Waals surface area contributed by atoms with Crippen LogP contribution in [0.5, 0.6) is 0 Å². The maximum absolute atomic E-state index is 12.1. The number of carbonyl (C=O) groups is 2. The van der Waals surface area contributed by atoms with Crippen LogP contribution < -0.4 is 29.3 Å². The fourth-order valence-corrected chi connectivity index (χ4v) is 3.56. The van der Waals surface area contributed by atoms with Gasteiger partial charge < -0.3 is 19.8 Å².